The molecule has 0 aromatic carbocycles. The third-order valence-corrected chi connectivity index (χ3v) is 2.38. The summed E-state index contributed by atoms with van der Waals surface area (Å²) in [4.78, 5) is 31.8. The first-order valence-corrected chi connectivity index (χ1v) is 5.61. The van der Waals surface area contributed by atoms with Gasteiger partial charge in [-0.1, -0.05) is 0 Å². The molecule has 10 heteroatoms. The average Bonchev–Trinajstić information content (AvgIpc) is 2.82. The Hall–Kier alpha value is -2.49. The van der Waals surface area contributed by atoms with Crippen LogP contribution in [0.5, 0.6) is 0 Å². The molecular formula is C10H14N4O6. The second-order valence-corrected chi connectivity index (χ2v) is 3.89. The van der Waals surface area contributed by atoms with E-state index >= 15 is 0 Å². The van der Waals surface area contributed by atoms with Gasteiger partial charge >= 0.3 is 11.8 Å². The van der Waals surface area contributed by atoms with Gasteiger partial charge in [0.25, 0.3) is 0 Å². The maximum atomic E-state index is 11.6. The Labute approximate surface area is 113 Å². The predicted molar refractivity (Wildman–Crippen MR) is 64.9 cm³/mol. The summed E-state index contributed by atoms with van der Waals surface area (Å²) in [7, 11) is 1.34. The lowest BCUT2D eigenvalue weighted by Gasteiger charge is -2.13. The molecule has 1 heterocycles. The summed E-state index contributed by atoms with van der Waals surface area (Å²) < 4.78 is 6.01. The Morgan fingerprint density at radius 1 is 1.65 bits per heavy atom. The van der Waals surface area contributed by atoms with Crippen LogP contribution in [0.25, 0.3) is 0 Å². The third-order valence-electron chi connectivity index (χ3n) is 2.38. The molecule has 10 nitrogen and oxygen atoms in total. The van der Waals surface area contributed by atoms with E-state index < -0.39 is 22.9 Å². The van der Waals surface area contributed by atoms with Crippen LogP contribution in [-0.4, -0.2) is 51.4 Å². The van der Waals surface area contributed by atoms with Crippen molar-refractivity contribution in [3.8, 4) is 0 Å². The molecule has 1 rings (SSSR count). The number of carboxylic acids is 1. The SMILES string of the molecule is COC(CNC(=O)Cn1ccc([N+](=O)[O-])n1)CC(=O)O. The summed E-state index contributed by atoms with van der Waals surface area (Å²) in [6, 6.07) is 1.18. The monoisotopic (exact) mass is 286 g/mol. The Morgan fingerprint density at radius 3 is 2.85 bits per heavy atom. The fraction of sp³-hybridized carbons (Fsp3) is 0.500. The lowest BCUT2D eigenvalue weighted by atomic mass is 10.2. The summed E-state index contributed by atoms with van der Waals surface area (Å²) in [6.45, 7) is -0.164. The number of nitrogens with one attached hydrogen (secondary N) is 1. The second kappa shape index (κ2) is 7.19. The van der Waals surface area contributed by atoms with E-state index in [1.807, 2.05) is 0 Å². The highest BCUT2D eigenvalue weighted by atomic mass is 16.6. The van der Waals surface area contributed by atoms with Gasteiger partial charge in [-0.3, -0.25) is 9.59 Å². The number of nitrogens with zero attached hydrogens (tertiary/aromatic N) is 3. The van der Waals surface area contributed by atoms with Gasteiger partial charge in [0.05, 0.1) is 29.9 Å². The van der Waals surface area contributed by atoms with Gasteiger partial charge in [-0.2, -0.15) is 4.68 Å². The molecule has 0 bridgehead atoms. The molecule has 0 aliphatic heterocycles. The van der Waals surface area contributed by atoms with E-state index in [1.165, 1.54) is 19.4 Å². The number of carbonyl (C=O) groups excluding carboxylic acids is 1. The Kier molecular flexibility index (Phi) is 5.59. The maximum Gasteiger partial charge on any atom is 0.389 e. The van der Waals surface area contributed by atoms with Crippen LogP contribution in [0.4, 0.5) is 5.82 Å². The minimum atomic E-state index is -1.03. The number of hydrogen-bond donors (Lipinski definition) is 2. The number of hydrogen-bond acceptors (Lipinski definition) is 6. The molecule has 0 saturated heterocycles. The molecular weight excluding hydrogens is 272 g/mol. The normalized spacial score (nSPS) is 11.8. The fourth-order valence-electron chi connectivity index (χ4n) is 1.40. The van der Waals surface area contributed by atoms with Gasteiger partial charge < -0.3 is 25.3 Å². The van der Waals surface area contributed by atoms with Crippen molar-refractivity contribution in [3.63, 3.8) is 0 Å². The first-order chi connectivity index (χ1) is 9.42. The van der Waals surface area contributed by atoms with Crippen LogP contribution in [0.2, 0.25) is 0 Å². The number of carboxylic acid groups (broad SMARTS) is 1. The molecule has 2 N–H and O–H groups in total. The summed E-state index contributed by atoms with van der Waals surface area (Å²) in [5.74, 6) is -1.83. The average molecular weight is 286 g/mol. The van der Waals surface area contributed by atoms with Gasteiger partial charge in [-0.05, 0) is 4.92 Å². The molecule has 0 spiro atoms. The highest BCUT2D eigenvalue weighted by molar-refractivity contribution is 5.75. The van der Waals surface area contributed by atoms with E-state index in [0.717, 1.165) is 4.68 Å². The van der Waals surface area contributed by atoms with Gasteiger partial charge in [-0.25, -0.2) is 0 Å². The zero-order valence-electron chi connectivity index (χ0n) is 10.7. The van der Waals surface area contributed by atoms with E-state index in [0.29, 0.717) is 0 Å². The Balaban J connectivity index is 2.42. The van der Waals surface area contributed by atoms with E-state index in [1.54, 1.807) is 0 Å². The highest BCUT2D eigenvalue weighted by Crippen LogP contribution is 2.04. The van der Waals surface area contributed by atoms with Gasteiger partial charge in [-0.15, -0.1) is 0 Å². The van der Waals surface area contributed by atoms with Crippen molar-refractivity contribution in [2.45, 2.75) is 19.1 Å². The molecule has 20 heavy (non-hydrogen) atoms. The van der Waals surface area contributed by atoms with E-state index in [-0.39, 0.29) is 25.3 Å². The molecule has 1 aromatic rings. The molecule has 0 aliphatic rings. The third kappa shape index (κ3) is 5.02. The first-order valence-electron chi connectivity index (χ1n) is 5.61. The van der Waals surface area contributed by atoms with Crippen LogP contribution in [0.15, 0.2) is 12.3 Å². The summed E-state index contributed by atoms with van der Waals surface area (Å²) in [6.07, 6.45) is 0.440. The quantitative estimate of drug-likeness (QED) is 0.480. The lowest BCUT2D eigenvalue weighted by Crippen LogP contribution is -2.36. The van der Waals surface area contributed by atoms with Crippen molar-refractivity contribution in [3.05, 3.63) is 22.4 Å². The topological polar surface area (TPSA) is 137 Å². The minimum Gasteiger partial charge on any atom is -0.481 e. The van der Waals surface area contributed by atoms with Crippen molar-refractivity contribution in [2.24, 2.45) is 0 Å². The molecule has 0 aliphatic carbocycles. The lowest BCUT2D eigenvalue weighted by molar-refractivity contribution is -0.389. The predicted octanol–water partition coefficient (Wildman–Crippen LogP) is -0.603. The Morgan fingerprint density at radius 2 is 2.35 bits per heavy atom. The van der Waals surface area contributed by atoms with Gasteiger partial charge in [0.2, 0.25) is 5.91 Å². The van der Waals surface area contributed by atoms with Crippen LogP contribution in [0.1, 0.15) is 6.42 Å². The van der Waals surface area contributed by atoms with Gasteiger partial charge in [0.15, 0.2) is 0 Å². The maximum absolute atomic E-state index is 11.6. The van der Waals surface area contributed by atoms with Crippen molar-refractivity contribution in [1.82, 2.24) is 15.1 Å². The largest absolute Gasteiger partial charge is 0.481 e. The number of methoxy groups -OCH3 is 1. The molecule has 1 atom stereocenters. The molecule has 1 amide bonds. The summed E-state index contributed by atoms with van der Waals surface area (Å²) >= 11 is 0. The van der Waals surface area contributed by atoms with Crippen LogP contribution in [0, 0.1) is 10.1 Å². The van der Waals surface area contributed by atoms with E-state index in [2.05, 4.69) is 10.4 Å². The highest BCUT2D eigenvalue weighted by Gasteiger charge is 2.16. The fourth-order valence-corrected chi connectivity index (χ4v) is 1.40. The van der Waals surface area contributed by atoms with Crippen molar-refractivity contribution >= 4 is 17.7 Å². The van der Waals surface area contributed by atoms with Crippen molar-refractivity contribution < 1.29 is 24.4 Å². The number of aromatic nitrogens is 2. The molecule has 0 saturated carbocycles. The number of carbonyl (C=O) groups is 2. The minimum absolute atomic E-state index is 0.0327. The summed E-state index contributed by atoms with van der Waals surface area (Å²) in [5.41, 5.74) is 0. The van der Waals surface area contributed by atoms with Gasteiger partial charge in [0, 0.05) is 13.7 Å². The van der Waals surface area contributed by atoms with Crippen molar-refractivity contribution in [2.75, 3.05) is 13.7 Å². The number of ether oxygens (including phenoxy) is 1. The number of aliphatic carboxylic acids is 1. The van der Waals surface area contributed by atoms with Gasteiger partial charge in [0.1, 0.15) is 6.54 Å². The zero-order chi connectivity index (χ0) is 15.1. The van der Waals surface area contributed by atoms with E-state index in [4.69, 9.17) is 9.84 Å². The van der Waals surface area contributed by atoms with E-state index in [9.17, 15) is 19.7 Å². The second-order valence-electron chi connectivity index (χ2n) is 3.89. The molecule has 0 fully saturated rings. The smallest absolute Gasteiger partial charge is 0.389 e. The number of nitro groups is 1. The molecule has 1 unspecified atom stereocenters. The van der Waals surface area contributed by atoms with Crippen molar-refractivity contribution in [1.29, 1.82) is 0 Å². The van der Waals surface area contributed by atoms with Crippen LogP contribution >= 0.6 is 0 Å². The molecule has 110 valence electrons. The molecule has 1 aromatic heterocycles. The first kappa shape index (κ1) is 15.6. The molecule has 0 radical (unpaired) electrons. The van der Waals surface area contributed by atoms with Crippen LogP contribution in [0.3, 0.4) is 0 Å². The number of rotatable bonds is 8. The zero-order valence-corrected chi connectivity index (χ0v) is 10.7. The standard InChI is InChI=1S/C10H14N4O6/c1-20-7(4-10(16)17)5-11-9(15)6-13-3-2-8(12-13)14(18)19/h2-3,7H,4-6H2,1H3,(H,11,15)(H,16,17). The van der Waals surface area contributed by atoms with Crippen LogP contribution < -0.4 is 5.32 Å². The Bertz CT molecular complexity index is 500. The summed E-state index contributed by atoms with van der Waals surface area (Å²) in [5, 5.41) is 25.1. The number of amides is 1. The van der Waals surface area contributed by atoms with Crippen LogP contribution in [-0.2, 0) is 20.9 Å².